The number of ether oxygens (including phenoxy) is 1. The van der Waals surface area contributed by atoms with Gasteiger partial charge in [-0.25, -0.2) is 0 Å². The Morgan fingerprint density at radius 2 is 2.17 bits per heavy atom. The highest BCUT2D eigenvalue weighted by Crippen LogP contribution is 2.22. The Morgan fingerprint density at radius 1 is 1.39 bits per heavy atom. The molecule has 1 rings (SSSR count). The average Bonchev–Trinajstić information content (AvgIpc) is 2.35. The van der Waals surface area contributed by atoms with Gasteiger partial charge in [0.25, 0.3) is 0 Å². The maximum atomic E-state index is 6.23. The molecule has 1 aromatic carbocycles. The number of rotatable bonds is 8. The van der Waals surface area contributed by atoms with E-state index in [1.807, 2.05) is 19.2 Å². The van der Waals surface area contributed by atoms with Gasteiger partial charge in [-0.2, -0.15) is 0 Å². The molecule has 0 aliphatic rings. The third-order valence-electron chi connectivity index (χ3n) is 2.85. The van der Waals surface area contributed by atoms with Crippen molar-refractivity contribution in [1.82, 2.24) is 5.32 Å². The highest BCUT2D eigenvalue weighted by molar-refractivity contribution is 9.10. The SMILES string of the molecule is CCCOCCC(Cc1ccc(Br)cc1Cl)NC. The van der Waals surface area contributed by atoms with Gasteiger partial charge in [0.05, 0.1) is 0 Å². The minimum atomic E-state index is 0.403. The molecule has 0 aliphatic carbocycles. The Balaban J connectivity index is 2.46. The van der Waals surface area contributed by atoms with E-state index in [2.05, 4.69) is 34.2 Å². The third-order valence-corrected chi connectivity index (χ3v) is 3.69. The monoisotopic (exact) mass is 333 g/mol. The lowest BCUT2D eigenvalue weighted by Crippen LogP contribution is -2.29. The van der Waals surface area contributed by atoms with Crippen molar-refractivity contribution >= 4 is 27.5 Å². The van der Waals surface area contributed by atoms with E-state index in [9.17, 15) is 0 Å². The van der Waals surface area contributed by atoms with Crippen molar-refractivity contribution < 1.29 is 4.74 Å². The quantitative estimate of drug-likeness (QED) is 0.724. The van der Waals surface area contributed by atoms with Gasteiger partial charge in [0, 0.05) is 28.8 Å². The highest BCUT2D eigenvalue weighted by atomic mass is 79.9. The highest BCUT2D eigenvalue weighted by Gasteiger charge is 2.10. The molecule has 4 heteroatoms. The molecule has 0 saturated heterocycles. The average molecular weight is 335 g/mol. The lowest BCUT2D eigenvalue weighted by Gasteiger charge is -2.17. The van der Waals surface area contributed by atoms with Crippen LogP contribution < -0.4 is 5.32 Å². The molecule has 0 spiro atoms. The van der Waals surface area contributed by atoms with E-state index < -0.39 is 0 Å². The van der Waals surface area contributed by atoms with E-state index in [-0.39, 0.29) is 0 Å². The van der Waals surface area contributed by atoms with E-state index in [1.165, 1.54) is 5.56 Å². The summed E-state index contributed by atoms with van der Waals surface area (Å²) in [5, 5.41) is 4.14. The Morgan fingerprint density at radius 3 is 2.78 bits per heavy atom. The van der Waals surface area contributed by atoms with Gasteiger partial charge in [-0.15, -0.1) is 0 Å². The molecule has 1 unspecified atom stereocenters. The van der Waals surface area contributed by atoms with Crippen LogP contribution in [0.25, 0.3) is 0 Å². The second-order valence-electron chi connectivity index (χ2n) is 4.33. The molecule has 18 heavy (non-hydrogen) atoms. The maximum absolute atomic E-state index is 6.23. The molecule has 0 bridgehead atoms. The van der Waals surface area contributed by atoms with Crippen LogP contribution in [0.4, 0.5) is 0 Å². The van der Waals surface area contributed by atoms with Crippen molar-refractivity contribution in [3.8, 4) is 0 Å². The largest absolute Gasteiger partial charge is 0.381 e. The van der Waals surface area contributed by atoms with Crippen LogP contribution in [-0.4, -0.2) is 26.3 Å². The van der Waals surface area contributed by atoms with E-state index >= 15 is 0 Å². The standard InChI is InChI=1S/C14H21BrClNO/c1-3-7-18-8-6-13(17-2)9-11-4-5-12(15)10-14(11)16/h4-5,10,13,17H,3,6-9H2,1-2H3. The summed E-state index contributed by atoms with van der Waals surface area (Å²) in [6.45, 7) is 3.76. The first-order valence-electron chi connectivity index (χ1n) is 6.36. The second-order valence-corrected chi connectivity index (χ2v) is 5.65. The van der Waals surface area contributed by atoms with Gasteiger partial charge >= 0.3 is 0 Å². The summed E-state index contributed by atoms with van der Waals surface area (Å²) in [6, 6.07) is 6.45. The first kappa shape index (κ1) is 16.0. The summed E-state index contributed by atoms with van der Waals surface area (Å²) in [7, 11) is 1.98. The number of nitrogens with one attached hydrogen (secondary N) is 1. The zero-order valence-electron chi connectivity index (χ0n) is 11.0. The van der Waals surface area contributed by atoms with Crippen LogP contribution >= 0.6 is 27.5 Å². The van der Waals surface area contributed by atoms with Crippen molar-refractivity contribution in [2.24, 2.45) is 0 Å². The Hall–Kier alpha value is -0.0900. The van der Waals surface area contributed by atoms with Gasteiger partial charge in [-0.3, -0.25) is 0 Å². The van der Waals surface area contributed by atoms with Crippen molar-refractivity contribution in [3.63, 3.8) is 0 Å². The summed E-state index contributed by atoms with van der Waals surface area (Å²) in [6.07, 6.45) is 3.00. The molecule has 102 valence electrons. The Bertz CT molecular complexity index is 360. The van der Waals surface area contributed by atoms with Gasteiger partial charge in [0.2, 0.25) is 0 Å². The molecule has 1 atom stereocenters. The summed E-state index contributed by atoms with van der Waals surface area (Å²) in [4.78, 5) is 0. The van der Waals surface area contributed by atoms with Gasteiger partial charge in [-0.05, 0) is 44.0 Å². The van der Waals surface area contributed by atoms with E-state index in [1.54, 1.807) is 0 Å². The fourth-order valence-corrected chi connectivity index (χ4v) is 2.52. The van der Waals surface area contributed by atoms with Crippen LogP contribution in [0.5, 0.6) is 0 Å². The predicted molar refractivity (Wildman–Crippen MR) is 81.4 cm³/mol. The van der Waals surface area contributed by atoms with Crippen molar-refractivity contribution in [1.29, 1.82) is 0 Å². The zero-order valence-corrected chi connectivity index (χ0v) is 13.4. The second kappa shape index (κ2) is 8.92. The minimum Gasteiger partial charge on any atom is -0.381 e. The van der Waals surface area contributed by atoms with Crippen LogP contribution in [0, 0.1) is 0 Å². The predicted octanol–water partition coefficient (Wildman–Crippen LogP) is 4.05. The fraction of sp³-hybridized carbons (Fsp3) is 0.571. The molecule has 0 heterocycles. The molecular weight excluding hydrogens is 314 g/mol. The summed E-state index contributed by atoms with van der Waals surface area (Å²) in [5.41, 5.74) is 1.18. The van der Waals surface area contributed by atoms with Crippen molar-refractivity contribution in [2.45, 2.75) is 32.2 Å². The van der Waals surface area contributed by atoms with Crippen LogP contribution in [0.15, 0.2) is 22.7 Å². The third kappa shape index (κ3) is 5.70. The summed E-state index contributed by atoms with van der Waals surface area (Å²) < 4.78 is 6.54. The molecule has 0 radical (unpaired) electrons. The molecule has 0 amide bonds. The summed E-state index contributed by atoms with van der Waals surface area (Å²) >= 11 is 9.64. The molecule has 0 fully saturated rings. The fourth-order valence-electron chi connectivity index (χ4n) is 1.77. The van der Waals surface area contributed by atoms with E-state index in [4.69, 9.17) is 16.3 Å². The van der Waals surface area contributed by atoms with Gasteiger partial charge < -0.3 is 10.1 Å². The number of halogens is 2. The first-order chi connectivity index (χ1) is 8.67. The van der Waals surface area contributed by atoms with E-state index in [0.717, 1.165) is 42.0 Å². The zero-order chi connectivity index (χ0) is 13.4. The topological polar surface area (TPSA) is 21.3 Å². The van der Waals surface area contributed by atoms with Crippen molar-refractivity contribution in [2.75, 3.05) is 20.3 Å². The van der Waals surface area contributed by atoms with Crippen LogP contribution in [-0.2, 0) is 11.2 Å². The van der Waals surface area contributed by atoms with Gasteiger partial charge in [0.15, 0.2) is 0 Å². The Labute approximate surface area is 123 Å². The molecular formula is C14H21BrClNO. The number of benzene rings is 1. The van der Waals surface area contributed by atoms with Crippen LogP contribution in [0.3, 0.4) is 0 Å². The van der Waals surface area contributed by atoms with Gasteiger partial charge in [-0.1, -0.05) is 40.5 Å². The minimum absolute atomic E-state index is 0.403. The first-order valence-corrected chi connectivity index (χ1v) is 7.53. The lowest BCUT2D eigenvalue weighted by molar-refractivity contribution is 0.125. The maximum Gasteiger partial charge on any atom is 0.0480 e. The Kier molecular flexibility index (Phi) is 7.91. The molecule has 1 aromatic rings. The molecule has 0 aromatic heterocycles. The molecule has 1 N–H and O–H groups in total. The summed E-state index contributed by atoms with van der Waals surface area (Å²) in [5.74, 6) is 0. The molecule has 0 aliphatic heterocycles. The van der Waals surface area contributed by atoms with E-state index in [0.29, 0.717) is 6.04 Å². The number of likely N-dealkylation sites (N-methyl/N-ethyl adjacent to an activating group) is 1. The normalized spacial score (nSPS) is 12.7. The molecule has 2 nitrogen and oxygen atoms in total. The number of hydrogen-bond donors (Lipinski definition) is 1. The lowest BCUT2D eigenvalue weighted by atomic mass is 10.0. The smallest absolute Gasteiger partial charge is 0.0480 e. The van der Waals surface area contributed by atoms with Crippen molar-refractivity contribution in [3.05, 3.63) is 33.3 Å². The van der Waals surface area contributed by atoms with Crippen LogP contribution in [0.2, 0.25) is 5.02 Å². The number of hydrogen-bond acceptors (Lipinski definition) is 2. The van der Waals surface area contributed by atoms with Crippen LogP contribution in [0.1, 0.15) is 25.3 Å². The molecule has 0 saturated carbocycles. The van der Waals surface area contributed by atoms with Gasteiger partial charge in [0.1, 0.15) is 0 Å².